The molecule has 0 spiro atoms. The molecule has 0 atom stereocenters. The smallest absolute Gasteiger partial charge is 0.320 e. The van der Waals surface area contributed by atoms with Crippen LogP contribution in [0.3, 0.4) is 0 Å². The van der Waals surface area contributed by atoms with Crippen LogP contribution in [0.5, 0.6) is 0 Å². The number of nitriles is 1. The molecule has 4 heterocycles. The molecule has 0 unspecified atom stereocenters. The summed E-state index contributed by atoms with van der Waals surface area (Å²) in [6, 6.07) is 4.40. The highest BCUT2D eigenvalue weighted by molar-refractivity contribution is 6.07. The summed E-state index contributed by atoms with van der Waals surface area (Å²) in [5.74, 6) is -1.79. The van der Waals surface area contributed by atoms with E-state index in [9.17, 15) is 23.6 Å². The van der Waals surface area contributed by atoms with E-state index >= 15 is 0 Å². The Bertz CT molecular complexity index is 1220. The van der Waals surface area contributed by atoms with Crippen molar-refractivity contribution in [2.24, 2.45) is 5.41 Å². The van der Waals surface area contributed by atoms with Crippen LogP contribution in [0.25, 0.3) is 10.9 Å². The third-order valence-electron chi connectivity index (χ3n) is 7.76. The Kier molecular flexibility index (Phi) is 6.41. The van der Waals surface area contributed by atoms with Gasteiger partial charge in [-0.15, -0.1) is 0 Å². The predicted molar refractivity (Wildman–Crippen MR) is 131 cm³/mol. The average molecular weight is 497 g/mol. The molecule has 3 fully saturated rings. The normalized spacial score (nSPS) is 20.1. The summed E-state index contributed by atoms with van der Waals surface area (Å²) in [5, 5.41) is 9.78. The standard InChI is InChI=1S/C26H30F2N6O2/c1-26(17-29)4-8-31(9-5-26)23-19-14-18(27)15-21(28)22(19)30-16-20(23)24(35)32-10-12-34(13-11-32)25(36)33-6-2-3-7-33/h14-16H,2-13H2,1H3. The molecule has 0 bridgehead atoms. The van der Waals surface area contributed by atoms with E-state index < -0.39 is 17.0 Å². The fraction of sp³-hybridized carbons (Fsp3) is 0.538. The minimum absolute atomic E-state index is 0.0117. The Morgan fingerprint density at radius 2 is 1.56 bits per heavy atom. The number of piperidine rings is 1. The van der Waals surface area contributed by atoms with Crippen molar-refractivity contribution in [2.45, 2.75) is 32.6 Å². The predicted octanol–water partition coefficient (Wildman–Crippen LogP) is 3.62. The number of likely N-dealkylation sites (tertiary alicyclic amines) is 1. The topological polar surface area (TPSA) is 83.8 Å². The molecule has 10 heteroatoms. The van der Waals surface area contributed by atoms with Gasteiger partial charge in [0.05, 0.1) is 22.7 Å². The summed E-state index contributed by atoms with van der Waals surface area (Å²) in [6.45, 7) is 6.05. The van der Waals surface area contributed by atoms with Gasteiger partial charge in [-0.2, -0.15) is 5.26 Å². The lowest BCUT2D eigenvalue weighted by Gasteiger charge is -2.39. The number of aromatic nitrogens is 1. The minimum Gasteiger partial charge on any atom is -0.370 e. The molecule has 3 saturated heterocycles. The van der Waals surface area contributed by atoms with Crippen LogP contribution in [0.15, 0.2) is 18.3 Å². The zero-order valence-electron chi connectivity index (χ0n) is 20.5. The number of anilines is 1. The van der Waals surface area contributed by atoms with Crippen LogP contribution in [0, 0.1) is 28.4 Å². The van der Waals surface area contributed by atoms with Crippen LogP contribution in [0.1, 0.15) is 43.0 Å². The maximum atomic E-state index is 14.6. The number of piperazine rings is 1. The van der Waals surface area contributed by atoms with E-state index in [0.29, 0.717) is 57.8 Å². The molecule has 1 aromatic carbocycles. The van der Waals surface area contributed by atoms with Crippen LogP contribution in [-0.4, -0.2) is 84.0 Å². The summed E-state index contributed by atoms with van der Waals surface area (Å²) in [7, 11) is 0. The van der Waals surface area contributed by atoms with Crippen molar-refractivity contribution in [2.75, 3.05) is 57.3 Å². The second-order valence-electron chi connectivity index (χ2n) is 10.2. The molecule has 1 aromatic heterocycles. The Morgan fingerprint density at radius 3 is 2.19 bits per heavy atom. The van der Waals surface area contributed by atoms with Gasteiger partial charge in [-0.05, 0) is 38.7 Å². The van der Waals surface area contributed by atoms with Gasteiger partial charge in [-0.1, -0.05) is 0 Å². The number of amides is 3. The monoisotopic (exact) mass is 496 g/mol. The number of rotatable bonds is 2. The van der Waals surface area contributed by atoms with Crippen LogP contribution in [0.4, 0.5) is 19.3 Å². The molecule has 5 rings (SSSR count). The van der Waals surface area contributed by atoms with Crippen molar-refractivity contribution in [3.05, 3.63) is 35.5 Å². The fourth-order valence-electron chi connectivity index (χ4n) is 5.43. The van der Waals surface area contributed by atoms with Crippen LogP contribution in [-0.2, 0) is 0 Å². The summed E-state index contributed by atoms with van der Waals surface area (Å²) in [4.78, 5) is 37.9. The molecular weight excluding hydrogens is 466 g/mol. The van der Waals surface area contributed by atoms with Crippen molar-refractivity contribution >= 4 is 28.5 Å². The number of hydrogen-bond acceptors (Lipinski definition) is 5. The quantitative estimate of drug-likeness (QED) is 0.634. The molecule has 36 heavy (non-hydrogen) atoms. The van der Waals surface area contributed by atoms with Gasteiger partial charge in [-0.3, -0.25) is 9.78 Å². The number of fused-ring (bicyclic) bond motifs is 1. The van der Waals surface area contributed by atoms with Gasteiger partial charge >= 0.3 is 6.03 Å². The maximum absolute atomic E-state index is 14.6. The first-order valence-electron chi connectivity index (χ1n) is 12.6. The number of carbonyl (C=O) groups excluding carboxylic acids is 2. The lowest BCUT2D eigenvalue weighted by Crippen LogP contribution is -2.53. The molecule has 190 valence electrons. The third kappa shape index (κ3) is 4.43. The van der Waals surface area contributed by atoms with E-state index in [-0.39, 0.29) is 28.4 Å². The Labute approximate surface area is 209 Å². The molecule has 0 radical (unpaired) electrons. The number of nitrogens with zero attached hydrogens (tertiary/aromatic N) is 6. The van der Waals surface area contributed by atoms with Gasteiger partial charge in [0.1, 0.15) is 11.3 Å². The summed E-state index contributed by atoms with van der Waals surface area (Å²) in [6.07, 6.45) is 4.58. The number of urea groups is 1. The maximum Gasteiger partial charge on any atom is 0.320 e. The summed E-state index contributed by atoms with van der Waals surface area (Å²) >= 11 is 0. The third-order valence-corrected chi connectivity index (χ3v) is 7.76. The van der Waals surface area contributed by atoms with Crippen LogP contribution in [0.2, 0.25) is 0 Å². The first kappa shape index (κ1) is 24.2. The van der Waals surface area contributed by atoms with Gasteiger partial charge in [0.25, 0.3) is 5.91 Å². The minimum atomic E-state index is -0.779. The van der Waals surface area contributed by atoms with Crippen LogP contribution >= 0.6 is 0 Å². The van der Waals surface area contributed by atoms with Gasteiger partial charge < -0.3 is 19.6 Å². The second-order valence-corrected chi connectivity index (χ2v) is 10.2. The zero-order valence-corrected chi connectivity index (χ0v) is 20.5. The molecule has 0 saturated carbocycles. The average Bonchev–Trinajstić information content (AvgIpc) is 3.43. The second kappa shape index (κ2) is 9.52. The first-order chi connectivity index (χ1) is 17.3. The largest absolute Gasteiger partial charge is 0.370 e. The molecule has 3 aliphatic heterocycles. The summed E-state index contributed by atoms with van der Waals surface area (Å²) in [5.41, 5.74) is 0.280. The SMILES string of the molecule is CC1(C#N)CCN(c2c(C(=O)N3CCN(C(=O)N4CCCC4)CC3)cnc3c(F)cc(F)cc23)CC1. The lowest BCUT2D eigenvalue weighted by molar-refractivity contribution is 0.0645. The van der Waals surface area contributed by atoms with Crippen LogP contribution < -0.4 is 4.90 Å². The number of pyridine rings is 1. The lowest BCUT2D eigenvalue weighted by atomic mass is 9.81. The van der Waals surface area contributed by atoms with Crippen molar-refractivity contribution in [3.8, 4) is 6.07 Å². The highest BCUT2D eigenvalue weighted by atomic mass is 19.1. The molecular formula is C26H30F2N6O2. The highest BCUT2D eigenvalue weighted by Gasteiger charge is 2.34. The molecule has 3 aliphatic rings. The van der Waals surface area contributed by atoms with Crippen molar-refractivity contribution in [3.63, 3.8) is 0 Å². The van der Waals surface area contributed by atoms with E-state index in [4.69, 9.17) is 0 Å². The van der Waals surface area contributed by atoms with E-state index in [2.05, 4.69) is 11.1 Å². The molecule has 0 aliphatic carbocycles. The van der Waals surface area contributed by atoms with Gasteiger partial charge in [0.2, 0.25) is 0 Å². The van der Waals surface area contributed by atoms with Gasteiger partial charge in [-0.25, -0.2) is 13.6 Å². The Hall–Kier alpha value is -3.48. The fourth-order valence-corrected chi connectivity index (χ4v) is 5.43. The molecule has 0 N–H and O–H groups in total. The Morgan fingerprint density at radius 1 is 0.944 bits per heavy atom. The number of carbonyl (C=O) groups is 2. The molecule has 2 aromatic rings. The van der Waals surface area contributed by atoms with E-state index in [0.717, 1.165) is 32.0 Å². The number of hydrogen-bond donors (Lipinski definition) is 0. The Balaban J connectivity index is 1.43. The first-order valence-corrected chi connectivity index (χ1v) is 12.6. The van der Waals surface area contributed by atoms with Gasteiger partial charge in [0, 0.05) is 70.0 Å². The molecule has 3 amide bonds. The van der Waals surface area contributed by atoms with E-state index in [1.165, 1.54) is 12.3 Å². The number of benzene rings is 1. The molecule has 8 nitrogen and oxygen atoms in total. The van der Waals surface area contributed by atoms with Gasteiger partial charge in [0.15, 0.2) is 5.82 Å². The number of halogens is 2. The van der Waals surface area contributed by atoms with Crippen molar-refractivity contribution < 1.29 is 18.4 Å². The van der Waals surface area contributed by atoms with Crippen molar-refractivity contribution in [1.29, 1.82) is 5.26 Å². The van der Waals surface area contributed by atoms with E-state index in [1.54, 1.807) is 9.80 Å². The zero-order chi connectivity index (χ0) is 25.4. The summed E-state index contributed by atoms with van der Waals surface area (Å²) < 4.78 is 28.9. The highest BCUT2D eigenvalue weighted by Crippen LogP contribution is 2.38. The van der Waals surface area contributed by atoms with Crippen molar-refractivity contribution in [1.82, 2.24) is 19.7 Å². The van der Waals surface area contributed by atoms with E-state index in [1.807, 2.05) is 16.7 Å².